The average Bonchev–Trinajstić information content (AvgIpc) is 2.36. The Morgan fingerprint density at radius 3 is 2.37 bits per heavy atom. The Balaban J connectivity index is 2.22. The summed E-state index contributed by atoms with van der Waals surface area (Å²) in [5.74, 6) is -0.665. The highest BCUT2D eigenvalue weighted by Crippen LogP contribution is 2.34. The molecule has 0 fully saturated rings. The van der Waals surface area contributed by atoms with Crippen LogP contribution in [0.2, 0.25) is 10.0 Å². The molecule has 0 bridgehead atoms. The number of phenols is 1. The normalized spacial score (nSPS) is 10.3. The smallest absolute Gasteiger partial charge is 0.275 e. The summed E-state index contributed by atoms with van der Waals surface area (Å²) in [6.45, 7) is 1.77. The van der Waals surface area contributed by atoms with Crippen LogP contribution in [-0.2, 0) is 0 Å². The number of carbonyl (C=O) groups excluding carboxylic acids is 1. The quantitative estimate of drug-likeness (QED) is 0.836. The van der Waals surface area contributed by atoms with Gasteiger partial charge in [0.2, 0.25) is 0 Å². The third-order valence-electron chi connectivity index (χ3n) is 2.29. The van der Waals surface area contributed by atoms with Crippen LogP contribution in [-0.4, -0.2) is 21.0 Å². The zero-order valence-corrected chi connectivity index (χ0v) is 11.3. The molecule has 0 aliphatic carbocycles. The fraction of sp³-hybridized carbons (Fsp3) is 0.0833. The molecule has 0 radical (unpaired) electrons. The number of phenolic OH excluding ortho intramolecular Hbond substituents is 1. The number of halogens is 2. The van der Waals surface area contributed by atoms with Crippen molar-refractivity contribution in [3.8, 4) is 5.75 Å². The van der Waals surface area contributed by atoms with Crippen LogP contribution < -0.4 is 5.32 Å². The Bertz CT molecular complexity index is 606. The van der Waals surface area contributed by atoms with Crippen LogP contribution in [0.4, 0.5) is 5.69 Å². The lowest BCUT2D eigenvalue weighted by atomic mass is 10.3. The van der Waals surface area contributed by atoms with Crippen molar-refractivity contribution in [2.24, 2.45) is 0 Å². The molecule has 19 heavy (non-hydrogen) atoms. The Morgan fingerprint density at radius 1 is 1.21 bits per heavy atom. The summed E-state index contributed by atoms with van der Waals surface area (Å²) in [6, 6.07) is 2.78. The van der Waals surface area contributed by atoms with E-state index in [2.05, 4.69) is 15.3 Å². The van der Waals surface area contributed by atoms with Crippen molar-refractivity contribution in [3.05, 3.63) is 46.0 Å². The topological polar surface area (TPSA) is 75.1 Å². The molecule has 0 spiro atoms. The number of aromatic hydroxyl groups is 1. The maximum absolute atomic E-state index is 11.9. The first-order chi connectivity index (χ1) is 8.97. The van der Waals surface area contributed by atoms with Crippen LogP contribution in [0.5, 0.6) is 5.75 Å². The molecule has 0 unspecified atom stereocenters. The zero-order valence-electron chi connectivity index (χ0n) is 9.82. The molecule has 0 atom stereocenters. The van der Waals surface area contributed by atoms with E-state index in [1.165, 1.54) is 24.5 Å². The van der Waals surface area contributed by atoms with E-state index in [4.69, 9.17) is 23.2 Å². The minimum atomic E-state index is -0.440. The summed E-state index contributed by atoms with van der Waals surface area (Å²) in [7, 11) is 0. The first-order valence-electron chi connectivity index (χ1n) is 5.25. The lowest BCUT2D eigenvalue weighted by Crippen LogP contribution is -2.14. The van der Waals surface area contributed by atoms with E-state index < -0.39 is 5.91 Å². The predicted molar refractivity (Wildman–Crippen MR) is 72.8 cm³/mol. The van der Waals surface area contributed by atoms with Crippen molar-refractivity contribution in [2.45, 2.75) is 6.92 Å². The van der Waals surface area contributed by atoms with Gasteiger partial charge in [0.25, 0.3) is 5.91 Å². The minimum Gasteiger partial charge on any atom is -0.505 e. The monoisotopic (exact) mass is 297 g/mol. The van der Waals surface area contributed by atoms with Gasteiger partial charge in [0.05, 0.1) is 21.9 Å². The van der Waals surface area contributed by atoms with Crippen LogP contribution in [0.15, 0.2) is 24.5 Å². The number of hydrogen-bond donors (Lipinski definition) is 2. The summed E-state index contributed by atoms with van der Waals surface area (Å²) >= 11 is 11.5. The van der Waals surface area contributed by atoms with E-state index in [1.54, 1.807) is 6.92 Å². The largest absolute Gasteiger partial charge is 0.505 e. The molecule has 1 aromatic carbocycles. The molecule has 0 saturated carbocycles. The standard InChI is InChI=1S/C12H9Cl2N3O2/c1-6-4-16-10(5-15-6)12(19)17-7-2-8(13)11(18)9(14)3-7/h2-5,18H,1H3,(H,17,19). The number of hydrogen-bond acceptors (Lipinski definition) is 4. The van der Waals surface area contributed by atoms with Crippen molar-refractivity contribution in [2.75, 3.05) is 5.32 Å². The van der Waals surface area contributed by atoms with Gasteiger partial charge in [-0.2, -0.15) is 0 Å². The molecule has 2 N–H and O–H groups in total. The van der Waals surface area contributed by atoms with Gasteiger partial charge in [0.15, 0.2) is 5.75 Å². The molecular formula is C12H9Cl2N3O2. The van der Waals surface area contributed by atoms with Gasteiger partial charge in [-0.25, -0.2) is 4.98 Å². The SMILES string of the molecule is Cc1cnc(C(=O)Nc2cc(Cl)c(O)c(Cl)c2)cn1. The Morgan fingerprint density at radius 2 is 1.84 bits per heavy atom. The van der Waals surface area contributed by atoms with Crippen LogP contribution in [0.25, 0.3) is 0 Å². The van der Waals surface area contributed by atoms with E-state index in [0.29, 0.717) is 11.4 Å². The van der Waals surface area contributed by atoms with Gasteiger partial charge in [0, 0.05) is 11.9 Å². The third-order valence-corrected chi connectivity index (χ3v) is 2.86. The van der Waals surface area contributed by atoms with E-state index in [1.807, 2.05) is 0 Å². The second kappa shape index (κ2) is 5.42. The number of aromatic nitrogens is 2. The Kier molecular flexibility index (Phi) is 3.87. The molecule has 0 saturated heterocycles. The number of rotatable bonds is 2. The number of nitrogens with zero attached hydrogens (tertiary/aromatic N) is 2. The first-order valence-corrected chi connectivity index (χ1v) is 6.01. The van der Waals surface area contributed by atoms with E-state index in [0.717, 1.165) is 0 Å². The van der Waals surface area contributed by atoms with Crippen molar-refractivity contribution in [1.29, 1.82) is 0 Å². The second-order valence-electron chi connectivity index (χ2n) is 3.79. The third kappa shape index (κ3) is 3.13. The maximum Gasteiger partial charge on any atom is 0.275 e. The molecule has 2 rings (SSSR count). The number of aryl methyl sites for hydroxylation is 1. The van der Waals surface area contributed by atoms with Gasteiger partial charge >= 0.3 is 0 Å². The fourth-order valence-corrected chi connectivity index (χ4v) is 1.83. The summed E-state index contributed by atoms with van der Waals surface area (Å²) in [4.78, 5) is 19.8. The van der Waals surface area contributed by atoms with Crippen molar-refractivity contribution in [3.63, 3.8) is 0 Å². The number of nitrogens with one attached hydrogen (secondary N) is 1. The summed E-state index contributed by atoms with van der Waals surface area (Å²) in [6.07, 6.45) is 2.86. The van der Waals surface area contributed by atoms with Crippen molar-refractivity contribution >= 4 is 34.8 Å². The van der Waals surface area contributed by atoms with Crippen molar-refractivity contribution < 1.29 is 9.90 Å². The minimum absolute atomic E-state index is 0.0535. The molecule has 7 heteroatoms. The van der Waals surface area contributed by atoms with E-state index >= 15 is 0 Å². The molecule has 98 valence electrons. The molecule has 5 nitrogen and oxygen atoms in total. The molecule has 0 aliphatic heterocycles. The molecular weight excluding hydrogens is 289 g/mol. The maximum atomic E-state index is 11.9. The zero-order chi connectivity index (χ0) is 14.0. The number of amides is 1. The summed E-state index contributed by atoms with van der Waals surface area (Å²) in [5, 5.41) is 12.1. The number of anilines is 1. The molecule has 0 aliphatic rings. The van der Waals surface area contributed by atoms with Crippen molar-refractivity contribution in [1.82, 2.24) is 9.97 Å². The fourth-order valence-electron chi connectivity index (χ4n) is 1.34. The summed E-state index contributed by atoms with van der Waals surface area (Å²) in [5.41, 5.74) is 1.25. The average molecular weight is 298 g/mol. The van der Waals surface area contributed by atoms with Gasteiger partial charge in [0.1, 0.15) is 5.69 Å². The Hall–Kier alpha value is -1.85. The van der Waals surface area contributed by atoms with Gasteiger partial charge in [-0.3, -0.25) is 9.78 Å². The van der Waals surface area contributed by atoms with Crippen LogP contribution >= 0.6 is 23.2 Å². The molecule has 1 aromatic heterocycles. The number of benzene rings is 1. The van der Waals surface area contributed by atoms with E-state index in [9.17, 15) is 9.90 Å². The summed E-state index contributed by atoms with van der Waals surface area (Å²) < 4.78 is 0. The van der Waals surface area contributed by atoms with Crippen LogP contribution in [0.3, 0.4) is 0 Å². The lowest BCUT2D eigenvalue weighted by Gasteiger charge is -2.07. The molecule has 1 amide bonds. The van der Waals surface area contributed by atoms with Gasteiger partial charge in [-0.15, -0.1) is 0 Å². The highest BCUT2D eigenvalue weighted by Gasteiger charge is 2.11. The van der Waals surface area contributed by atoms with Gasteiger partial charge in [-0.1, -0.05) is 23.2 Å². The Labute approximate surface area is 119 Å². The second-order valence-corrected chi connectivity index (χ2v) is 4.60. The molecule has 1 heterocycles. The molecule has 2 aromatic rings. The highest BCUT2D eigenvalue weighted by atomic mass is 35.5. The van der Waals surface area contributed by atoms with Gasteiger partial charge in [-0.05, 0) is 19.1 Å². The van der Waals surface area contributed by atoms with Gasteiger partial charge < -0.3 is 10.4 Å². The lowest BCUT2D eigenvalue weighted by molar-refractivity contribution is 0.102. The number of carbonyl (C=O) groups is 1. The van der Waals surface area contributed by atoms with Crippen LogP contribution in [0.1, 0.15) is 16.2 Å². The highest BCUT2D eigenvalue weighted by molar-refractivity contribution is 6.37. The predicted octanol–water partition coefficient (Wildman–Crippen LogP) is 3.05. The van der Waals surface area contributed by atoms with E-state index in [-0.39, 0.29) is 21.5 Å². The van der Waals surface area contributed by atoms with Crippen LogP contribution in [0, 0.1) is 6.92 Å². The first kappa shape index (κ1) is 13.6.